The van der Waals surface area contributed by atoms with Gasteiger partial charge in [-0.1, -0.05) is 6.07 Å². The Labute approximate surface area is 190 Å². The molecule has 1 unspecified atom stereocenters. The highest BCUT2D eigenvalue weighted by Crippen LogP contribution is 2.17. The summed E-state index contributed by atoms with van der Waals surface area (Å²) in [7, 11) is 0. The van der Waals surface area contributed by atoms with Crippen LogP contribution >= 0.6 is 11.8 Å². The predicted molar refractivity (Wildman–Crippen MR) is 124 cm³/mol. The quantitative estimate of drug-likeness (QED) is 0.593. The number of carbonyl (C=O) groups is 2. The second-order valence-electron chi connectivity index (χ2n) is 7.81. The van der Waals surface area contributed by atoms with E-state index in [0.29, 0.717) is 18.8 Å². The highest BCUT2D eigenvalue weighted by Gasteiger charge is 2.26. The van der Waals surface area contributed by atoms with Crippen molar-refractivity contribution in [2.24, 2.45) is 0 Å². The lowest BCUT2D eigenvalue weighted by Gasteiger charge is -2.35. The molecule has 1 fully saturated rings. The lowest BCUT2D eigenvalue weighted by atomic mass is 10.2. The number of hydrogen-bond acceptors (Lipinski definition) is 5. The van der Waals surface area contributed by atoms with Crippen molar-refractivity contribution in [3.05, 3.63) is 66.4 Å². The van der Waals surface area contributed by atoms with Gasteiger partial charge in [0.2, 0.25) is 11.8 Å². The number of pyridine rings is 1. The number of hydrogen-bond donors (Lipinski definition) is 1. The van der Waals surface area contributed by atoms with Crippen LogP contribution in [-0.2, 0) is 16.1 Å². The van der Waals surface area contributed by atoms with Gasteiger partial charge < -0.3 is 14.6 Å². The van der Waals surface area contributed by atoms with Crippen molar-refractivity contribution >= 4 is 34.9 Å². The Kier molecular flexibility index (Phi) is 7.06. The fraction of sp³-hybridized carbons (Fsp3) is 0.348. The summed E-state index contributed by atoms with van der Waals surface area (Å²) >= 11 is 1.31. The Morgan fingerprint density at radius 2 is 1.88 bits per heavy atom. The minimum atomic E-state index is -0.352. The molecule has 3 aromatic rings. The Hall–Kier alpha value is -2.91. The number of fused-ring (bicyclic) bond motifs is 1. The molecule has 1 aliphatic rings. The van der Waals surface area contributed by atoms with E-state index < -0.39 is 0 Å². The van der Waals surface area contributed by atoms with Gasteiger partial charge in [-0.25, -0.2) is 9.37 Å². The Morgan fingerprint density at radius 3 is 2.59 bits per heavy atom. The minimum Gasteiger partial charge on any atom is -0.339 e. The van der Waals surface area contributed by atoms with Gasteiger partial charge in [0.05, 0.1) is 16.7 Å². The molecule has 1 aliphatic heterocycles. The highest BCUT2D eigenvalue weighted by atomic mass is 32.2. The van der Waals surface area contributed by atoms with Crippen molar-refractivity contribution in [1.82, 2.24) is 19.2 Å². The molecular weight excluding hydrogens is 429 g/mol. The standard InChI is InChI=1S/C23H26FN5O2S/c1-17(32-16-22(30)26-19-7-5-18(24)6-8-19)23(31)28-12-10-27(11-13-28)14-20-15-29-9-3-2-4-21(29)25-20/h2-9,15,17H,10-14,16H2,1H3,(H,26,30). The van der Waals surface area contributed by atoms with Crippen LogP contribution in [-0.4, -0.2) is 68.2 Å². The maximum absolute atomic E-state index is 13.0. The molecule has 0 spiro atoms. The highest BCUT2D eigenvalue weighted by molar-refractivity contribution is 8.01. The zero-order valence-electron chi connectivity index (χ0n) is 17.9. The summed E-state index contributed by atoms with van der Waals surface area (Å²) in [5, 5.41) is 2.41. The molecule has 3 heterocycles. The van der Waals surface area contributed by atoms with E-state index in [1.165, 1.54) is 36.0 Å². The number of imidazole rings is 1. The molecule has 32 heavy (non-hydrogen) atoms. The third-order valence-corrected chi connectivity index (χ3v) is 6.55. The van der Waals surface area contributed by atoms with E-state index in [4.69, 9.17) is 0 Å². The van der Waals surface area contributed by atoms with Gasteiger partial charge in [0.25, 0.3) is 0 Å². The number of halogens is 1. The van der Waals surface area contributed by atoms with Gasteiger partial charge in [0.1, 0.15) is 11.5 Å². The molecule has 1 aromatic carbocycles. The van der Waals surface area contributed by atoms with Crippen molar-refractivity contribution in [3.8, 4) is 0 Å². The second kappa shape index (κ2) is 10.1. The molecular formula is C23H26FN5O2S. The monoisotopic (exact) mass is 455 g/mol. The van der Waals surface area contributed by atoms with E-state index in [1.54, 1.807) is 0 Å². The first-order valence-corrected chi connectivity index (χ1v) is 11.6. The number of thioether (sulfide) groups is 1. The van der Waals surface area contributed by atoms with Crippen LogP contribution in [0.1, 0.15) is 12.6 Å². The number of carbonyl (C=O) groups excluding carboxylic acids is 2. The maximum Gasteiger partial charge on any atom is 0.235 e. The first-order chi connectivity index (χ1) is 15.5. The van der Waals surface area contributed by atoms with Gasteiger partial charge in [-0.05, 0) is 43.3 Å². The summed E-state index contributed by atoms with van der Waals surface area (Å²) in [5.74, 6) is -0.344. The number of benzene rings is 1. The zero-order chi connectivity index (χ0) is 22.5. The number of nitrogens with zero attached hydrogens (tertiary/aromatic N) is 4. The SMILES string of the molecule is CC(SCC(=O)Nc1ccc(F)cc1)C(=O)N1CCN(Cc2cn3ccccc3n2)CC1. The maximum atomic E-state index is 13.0. The summed E-state index contributed by atoms with van der Waals surface area (Å²) < 4.78 is 15.0. The van der Waals surface area contributed by atoms with Crippen LogP contribution in [0.15, 0.2) is 54.9 Å². The normalized spacial score (nSPS) is 15.6. The second-order valence-corrected chi connectivity index (χ2v) is 9.14. The van der Waals surface area contributed by atoms with E-state index in [-0.39, 0.29) is 28.6 Å². The molecule has 0 saturated carbocycles. The smallest absolute Gasteiger partial charge is 0.235 e. The summed E-state index contributed by atoms with van der Waals surface area (Å²) in [4.78, 5) is 33.7. The van der Waals surface area contributed by atoms with Crippen molar-refractivity contribution in [3.63, 3.8) is 0 Å². The molecule has 0 aliphatic carbocycles. The number of anilines is 1. The average molecular weight is 456 g/mol. The number of aromatic nitrogens is 2. The summed E-state index contributed by atoms with van der Waals surface area (Å²) in [6, 6.07) is 11.6. The van der Waals surface area contributed by atoms with Crippen LogP contribution in [0.25, 0.3) is 5.65 Å². The topological polar surface area (TPSA) is 70.0 Å². The van der Waals surface area contributed by atoms with Crippen molar-refractivity contribution < 1.29 is 14.0 Å². The molecule has 1 N–H and O–H groups in total. The average Bonchev–Trinajstić information content (AvgIpc) is 3.21. The largest absolute Gasteiger partial charge is 0.339 e. The fourth-order valence-electron chi connectivity index (χ4n) is 3.68. The van der Waals surface area contributed by atoms with E-state index in [1.807, 2.05) is 46.8 Å². The van der Waals surface area contributed by atoms with Gasteiger partial charge in [0, 0.05) is 50.8 Å². The van der Waals surface area contributed by atoms with Gasteiger partial charge in [-0.15, -0.1) is 11.8 Å². The number of amides is 2. The molecule has 9 heteroatoms. The molecule has 0 radical (unpaired) electrons. The molecule has 2 aromatic heterocycles. The van der Waals surface area contributed by atoms with Crippen LogP contribution < -0.4 is 5.32 Å². The lowest BCUT2D eigenvalue weighted by Crippen LogP contribution is -2.50. The van der Waals surface area contributed by atoms with E-state index in [9.17, 15) is 14.0 Å². The molecule has 1 atom stereocenters. The molecule has 4 rings (SSSR count). The zero-order valence-corrected chi connectivity index (χ0v) is 18.7. The fourth-order valence-corrected chi connectivity index (χ4v) is 4.44. The van der Waals surface area contributed by atoms with Gasteiger partial charge in [-0.3, -0.25) is 14.5 Å². The molecule has 168 valence electrons. The first kappa shape index (κ1) is 22.3. The van der Waals surface area contributed by atoms with E-state index in [2.05, 4.69) is 15.2 Å². The number of rotatable bonds is 7. The third-order valence-electron chi connectivity index (χ3n) is 5.42. The predicted octanol–water partition coefficient (Wildman–Crippen LogP) is 2.88. The van der Waals surface area contributed by atoms with Gasteiger partial charge in [-0.2, -0.15) is 0 Å². The Morgan fingerprint density at radius 1 is 1.12 bits per heavy atom. The van der Waals surface area contributed by atoms with Crippen LogP contribution in [0, 0.1) is 5.82 Å². The lowest BCUT2D eigenvalue weighted by molar-refractivity contribution is -0.132. The van der Waals surface area contributed by atoms with Crippen LogP contribution in [0.2, 0.25) is 0 Å². The number of nitrogens with one attached hydrogen (secondary N) is 1. The molecule has 1 saturated heterocycles. The van der Waals surface area contributed by atoms with E-state index >= 15 is 0 Å². The Balaban J connectivity index is 1.20. The van der Waals surface area contributed by atoms with Crippen LogP contribution in [0.4, 0.5) is 10.1 Å². The number of piperazine rings is 1. The molecule has 7 nitrogen and oxygen atoms in total. The molecule has 0 bridgehead atoms. The molecule has 2 amide bonds. The third kappa shape index (κ3) is 5.66. The Bertz CT molecular complexity index is 1050. The minimum absolute atomic E-state index is 0.0527. The summed E-state index contributed by atoms with van der Waals surface area (Å²) in [5.41, 5.74) is 2.50. The van der Waals surface area contributed by atoms with E-state index in [0.717, 1.165) is 31.0 Å². The van der Waals surface area contributed by atoms with Gasteiger partial charge in [0.15, 0.2) is 0 Å². The van der Waals surface area contributed by atoms with Gasteiger partial charge >= 0.3 is 0 Å². The van der Waals surface area contributed by atoms with Crippen molar-refractivity contribution in [1.29, 1.82) is 0 Å². The van der Waals surface area contributed by atoms with Crippen LogP contribution in [0.3, 0.4) is 0 Å². The summed E-state index contributed by atoms with van der Waals surface area (Å²) in [6.45, 7) is 5.51. The van der Waals surface area contributed by atoms with Crippen LogP contribution in [0.5, 0.6) is 0 Å². The van der Waals surface area contributed by atoms with Crippen molar-refractivity contribution in [2.45, 2.75) is 18.7 Å². The first-order valence-electron chi connectivity index (χ1n) is 10.6. The summed E-state index contributed by atoms with van der Waals surface area (Å²) in [6.07, 6.45) is 4.03. The van der Waals surface area contributed by atoms with Crippen molar-refractivity contribution in [2.75, 3.05) is 37.2 Å².